The zero-order chi connectivity index (χ0) is 16.4. The summed E-state index contributed by atoms with van der Waals surface area (Å²) in [6.07, 6.45) is 4.76. The molecule has 1 aromatic carbocycles. The Hall–Kier alpha value is -2.62. The highest BCUT2D eigenvalue weighted by Gasteiger charge is 2.01. The van der Waals surface area contributed by atoms with Gasteiger partial charge in [0, 0.05) is 11.6 Å². The van der Waals surface area contributed by atoms with Crippen LogP contribution < -0.4 is 9.46 Å². The SMILES string of the molecule is O=S(=O)(/C=C/c1ccccc1)NCC#CCOc1cccnc1. The number of rotatable bonds is 6. The van der Waals surface area contributed by atoms with Crippen molar-refractivity contribution in [3.8, 4) is 17.6 Å². The van der Waals surface area contributed by atoms with Gasteiger partial charge in [0.15, 0.2) is 0 Å². The number of nitrogens with one attached hydrogen (secondary N) is 1. The van der Waals surface area contributed by atoms with Crippen molar-refractivity contribution >= 4 is 16.1 Å². The van der Waals surface area contributed by atoms with E-state index in [4.69, 9.17) is 4.74 Å². The van der Waals surface area contributed by atoms with Crippen LogP contribution in [0.15, 0.2) is 60.3 Å². The Labute approximate surface area is 136 Å². The van der Waals surface area contributed by atoms with E-state index in [1.807, 2.05) is 30.3 Å². The van der Waals surface area contributed by atoms with Gasteiger partial charge < -0.3 is 4.74 Å². The number of hydrogen-bond acceptors (Lipinski definition) is 4. The largest absolute Gasteiger partial charge is 0.479 e. The number of aromatic nitrogens is 1. The highest BCUT2D eigenvalue weighted by Crippen LogP contribution is 2.05. The fraction of sp³-hybridized carbons (Fsp3) is 0.118. The second-order valence-electron chi connectivity index (χ2n) is 4.41. The fourth-order valence-corrected chi connectivity index (χ4v) is 2.29. The molecule has 2 aromatic rings. The van der Waals surface area contributed by atoms with Crippen molar-refractivity contribution in [2.24, 2.45) is 0 Å². The van der Waals surface area contributed by atoms with Crippen molar-refractivity contribution in [1.82, 2.24) is 9.71 Å². The summed E-state index contributed by atoms with van der Waals surface area (Å²) < 4.78 is 31.2. The lowest BCUT2D eigenvalue weighted by Crippen LogP contribution is -2.21. The number of sulfonamides is 1. The predicted molar refractivity (Wildman–Crippen MR) is 89.9 cm³/mol. The minimum atomic E-state index is -3.50. The molecule has 0 aliphatic rings. The van der Waals surface area contributed by atoms with E-state index in [0.717, 1.165) is 11.0 Å². The van der Waals surface area contributed by atoms with Gasteiger partial charge in [-0.15, -0.1) is 0 Å². The zero-order valence-electron chi connectivity index (χ0n) is 12.3. The summed E-state index contributed by atoms with van der Waals surface area (Å²) in [6, 6.07) is 12.7. The van der Waals surface area contributed by atoms with Gasteiger partial charge in [-0.25, -0.2) is 8.42 Å². The number of pyridine rings is 1. The van der Waals surface area contributed by atoms with Crippen LogP contribution in [-0.4, -0.2) is 26.6 Å². The number of benzene rings is 1. The smallest absolute Gasteiger partial charge is 0.234 e. The molecule has 23 heavy (non-hydrogen) atoms. The van der Waals surface area contributed by atoms with Gasteiger partial charge in [-0.05, 0) is 23.8 Å². The van der Waals surface area contributed by atoms with Crippen molar-refractivity contribution in [3.05, 3.63) is 65.8 Å². The Morgan fingerprint density at radius 3 is 2.70 bits per heavy atom. The van der Waals surface area contributed by atoms with Gasteiger partial charge in [0.1, 0.15) is 12.4 Å². The lowest BCUT2D eigenvalue weighted by Gasteiger charge is -1.99. The Morgan fingerprint density at radius 2 is 1.96 bits per heavy atom. The Kier molecular flexibility index (Phi) is 6.36. The quantitative estimate of drug-likeness (QED) is 0.824. The van der Waals surface area contributed by atoms with Gasteiger partial charge in [-0.3, -0.25) is 4.98 Å². The van der Waals surface area contributed by atoms with Crippen molar-refractivity contribution < 1.29 is 13.2 Å². The second kappa shape index (κ2) is 8.73. The monoisotopic (exact) mass is 328 g/mol. The summed E-state index contributed by atoms with van der Waals surface area (Å²) in [5.41, 5.74) is 0.814. The Balaban J connectivity index is 1.75. The normalized spacial score (nSPS) is 11.0. The van der Waals surface area contributed by atoms with Crippen LogP contribution in [0.4, 0.5) is 0 Å². The lowest BCUT2D eigenvalue weighted by atomic mass is 10.2. The fourth-order valence-electron chi connectivity index (χ4n) is 1.58. The van der Waals surface area contributed by atoms with Crippen LogP contribution in [0.25, 0.3) is 6.08 Å². The molecule has 0 saturated carbocycles. The van der Waals surface area contributed by atoms with Gasteiger partial charge >= 0.3 is 0 Å². The van der Waals surface area contributed by atoms with Crippen LogP contribution in [0.3, 0.4) is 0 Å². The molecule has 1 aromatic heterocycles. The highest BCUT2D eigenvalue weighted by molar-refractivity contribution is 7.92. The molecule has 0 unspecified atom stereocenters. The molecule has 5 nitrogen and oxygen atoms in total. The minimum Gasteiger partial charge on any atom is -0.479 e. The van der Waals surface area contributed by atoms with E-state index in [-0.39, 0.29) is 13.2 Å². The third-order valence-electron chi connectivity index (χ3n) is 2.67. The molecule has 0 spiro atoms. The zero-order valence-corrected chi connectivity index (χ0v) is 13.2. The van der Waals surface area contributed by atoms with Crippen LogP contribution in [0.1, 0.15) is 5.56 Å². The third kappa shape index (κ3) is 6.78. The van der Waals surface area contributed by atoms with Crippen molar-refractivity contribution in [2.45, 2.75) is 0 Å². The molecule has 0 fully saturated rings. The molecule has 0 aliphatic heterocycles. The van der Waals surface area contributed by atoms with Gasteiger partial charge in [0.25, 0.3) is 0 Å². The van der Waals surface area contributed by atoms with E-state index in [9.17, 15) is 8.42 Å². The average Bonchev–Trinajstić information content (AvgIpc) is 2.58. The molecule has 6 heteroatoms. The van der Waals surface area contributed by atoms with Gasteiger partial charge in [-0.2, -0.15) is 4.72 Å². The van der Waals surface area contributed by atoms with Crippen LogP contribution in [-0.2, 0) is 10.0 Å². The third-order valence-corrected chi connectivity index (χ3v) is 3.71. The molecular formula is C17H16N2O3S. The summed E-state index contributed by atoms with van der Waals surface area (Å²) in [5, 5.41) is 1.12. The molecule has 118 valence electrons. The van der Waals surface area contributed by atoms with Gasteiger partial charge in [-0.1, -0.05) is 42.2 Å². The van der Waals surface area contributed by atoms with E-state index >= 15 is 0 Å². The molecule has 0 amide bonds. The van der Waals surface area contributed by atoms with E-state index in [1.165, 1.54) is 6.08 Å². The van der Waals surface area contributed by atoms with E-state index < -0.39 is 10.0 Å². The predicted octanol–water partition coefficient (Wildman–Crippen LogP) is 2.05. The maximum atomic E-state index is 11.8. The number of hydrogen-bond donors (Lipinski definition) is 1. The molecule has 1 heterocycles. The maximum Gasteiger partial charge on any atom is 0.234 e. The molecule has 0 aliphatic carbocycles. The Bertz CT molecular complexity index is 792. The minimum absolute atomic E-state index is 0.0257. The molecule has 0 saturated heterocycles. The van der Waals surface area contributed by atoms with Crippen molar-refractivity contribution in [2.75, 3.05) is 13.2 Å². The van der Waals surface area contributed by atoms with Crippen LogP contribution >= 0.6 is 0 Å². The van der Waals surface area contributed by atoms with Gasteiger partial charge in [0.2, 0.25) is 10.0 Å². The molecule has 2 rings (SSSR count). The average molecular weight is 328 g/mol. The number of nitrogens with zero attached hydrogens (tertiary/aromatic N) is 1. The molecule has 0 bridgehead atoms. The maximum absolute atomic E-state index is 11.8. The van der Waals surface area contributed by atoms with Crippen LogP contribution in [0, 0.1) is 11.8 Å². The summed E-state index contributed by atoms with van der Waals surface area (Å²) in [4.78, 5) is 3.91. The first-order valence-corrected chi connectivity index (χ1v) is 8.42. The number of ether oxygens (including phenoxy) is 1. The standard InChI is InChI=1S/C17H16N2O3S/c20-23(21,14-10-16-7-2-1-3-8-16)19-12-4-5-13-22-17-9-6-11-18-15-17/h1-3,6-11,14-15,19H,12-13H2/b14-10+. The van der Waals surface area contributed by atoms with Gasteiger partial charge in [0.05, 0.1) is 12.7 Å². The summed E-state index contributed by atoms with van der Waals surface area (Å²) in [6.45, 7) is 0.200. The van der Waals surface area contributed by atoms with Crippen LogP contribution in [0.2, 0.25) is 0 Å². The molecule has 0 radical (unpaired) electrons. The van der Waals surface area contributed by atoms with E-state index in [1.54, 1.807) is 24.5 Å². The van der Waals surface area contributed by atoms with Crippen LogP contribution in [0.5, 0.6) is 5.75 Å². The van der Waals surface area contributed by atoms with Crippen molar-refractivity contribution in [3.63, 3.8) is 0 Å². The lowest BCUT2D eigenvalue weighted by molar-refractivity contribution is 0.368. The first-order chi connectivity index (χ1) is 11.2. The second-order valence-corrected chi connectivity index (χ2v) is 6.06. The first-order valence-electron chi connectivity index (χ1n) is 6.87. The summed E-state index contributed by atoms with van der Waals surface area (Å²) >= 11 is 0. The van der Waals surface area contributed by atoms with Crippen molar-refractivity contribution in [1.29, 1.82) is 0 Å². The molecular weight excluding hydrogens is 312 g/mol. The molecule has 1 N–H and O–H groups in total. The summed E-state index contributed by atoms with van der Waals surface area (Å²) in [7, 11) is -3.50. The molecule has 0 atom stereocenters. The summed E-state index contributed by atoms with van der Waals surface area (Å²) in [5.74, 6) is 6.04. The van der Waals surface area contributed by atoms with E-state index in [2.05, 4.69) is 21.5 Å². The topological polar surface area (TPSA) is 68.3 Å². The first kappa shape index (κ1) is 16.7. The highest BCUT2D eigenvalue weighted by atomic mass is 32.2. The van der Waals surface area contributed by atoms with E-state index in [0.29, 0.717) is 5.75 Å². The Morgan fingerprint density at radius 1 is 1.13 bits per heavy atom.